The van der Waals surface area contributed by atoms with Gasteiger partial charge in [0.2, 0.25) is 0 Å². The summed E-state index contributed by atoms with van der Waals surface area (Å²) in [4.78, 5) is 11.9. The van der Waals surface area contributed by atoms with E-state index in [2.05, 4.69) is 0 Å². The van der Waals surface area contributed by atoms with E-state index < -0.39 is 6.10 Å². The first-order valence-electron chi connectivity index (χ1n) is 9.83. The summed E-state index contributed by atoms with van der Waals surface area (Å²) in [7, 11) is 0. The molecular weight excluding hydrogens is 376 g/mol. The molecule has 0 amide bonds. The Morgan fingerprint density at radius 3 is 2.13 bits per heavy atom. The lowest BCUT2D eigenvalue weighted by Crippen LogP contribution is -1.99. The molecule has 0 aliphatic carbocycles. The molecule has 2 heterocycles. The van der Waals surface area contributed by atoms with Crippen LogP contribution in [0.4, 0.5) is 0 Å². The number of aliphatic hydroxyl groups is 1. The van der Waals surface area contributed by atoms with Gasteiger partial charge in [-0.2, -0.15) is 0 Å². The van der Waals surface area contributed by atoms with Crippen LogP contribution in [0.15, 0.2) is 86.4 Å². The highest BCUT2D eigenvalue weighted by atomic mass is 16.4. The van der Waals surface area contributed by atoms with Crippen molar-refractivity contribution >= 4 is 21.9 Å². The molecule has 5 aromatic rings. The van der Waals surface area contributed by atoms with Gasteiger partial charge in [-0.3, -0.25) is 0 Å². The first-order chi connectivity index (χ1) is 14.5. The minimum atomic E-state index is -0.926. The summed E-state index contributed by atoms with van der Waals surface area (Å²) in [6, 6.07) is 22.8. The van der Waals surface area contributed by atoms with Crippen molar-refractivity contribution in [2.75, 3.05) is 0 Å². The molecule has 1 atom stereocenters. The summed E-state index contributed by atoms with van der Waals surface area (Å²) in [5.41, 5.74) is 4.87. The van der Waals surface area contributed by atoms with Gasteiger partial charge in [-0.05, 0) is 36.6 Å². The van der Waals surface area contributed by atoms with Crippen LogP contribution >= 0.6 is 0 Å². The van der Waals surface area contributed by atoms with Gasteiger partial charge in [0.1, 0.15) is 23.0 Å². The van der Waals surface area contributed by atoms with E-state index in [0.717, 1.165) is 38.6 Å². The van der Waals surface area contributed by atoms with Crippen LogP contribution in [0.3, 0.4) is 0 Å². The average Bonchev–Trinajstić information content (AvgIpc) is 3.15. The molecule has 148 valence electrons. The number of benzene rings is 3. The van der Waals surface area contributed by atoms with Gasteiger partial charge in [0.05, 0.1) is 0 Å². The van der Waals surface area contributed by atoms with E-state index in [1.807, 2.05) is 80.6 Å². The molecule has 4 nitrogen and oxygen atoms in total. The molecular formula is C26H20O4. The second-order valence-corrected chi connectivity index (χ2v) is 7.52. The molecule has 0 aliphatic heterocycles. The maximum atomic E-state index is 11.9. The van der Waals surface area contributed by atoms with Gasteiger partial charge in [-0.15, -0.1) is 0 Å². The molecule has 0 unspecified atom stereocenters. The quantitative estimate of drug-likeness (QED) is 0.385. The fraction of sp³-hybridized carbons (Fsp3) is 0.115. The zero-order valence-corrected chi connectivity index (χ0v) is 16.7. The second kappa shape index (κ2) is 7.01. The Bertz CT molecular complexity index is 1430. The average molecular weight is 396 g/mol. The first-order valence-corrected chi connectivity index (χ1v) is 9.83. The summed E-state index contributed by atoms with van der Waals surface area (Å²) in [6.07, 6.45) is -0.926. The Morgan fingerprint density at radius 2 is 1.43 bits per heavy atom. The summed E-state index contributed by atoms with van der Waals surface area (Å²) in [6.45, 7) is 3.77. The molecule has 4 heteroatoms. The SMILES string of the molecule is Cc1cc(=O)oc2c(C)c3oc([C@H](O)c4ccccc4)c(-c4ccccc4)c3cc12. The van der Waals surface area contributed by atoms with Crippen LogP contribution in [-0.4, -0.2) is 5.11 Å². The molecule has 5 rings (SSSR count). The van der Waals surface area contributed by atoms with E-state index in [9.17, 15) is 9.90 Å². The van der Waals surface area contributed by atoms with E-state index in [1.54, 1.807) is 0 Å². The third-order valence-corrected chi connectivity index (χ3v) is 5.57. The van der Waals surface area contributed by atoms with Crippen LogP contribution in [0, 0.1) is 13.8 Å². The smallest absolute Gasteiger partial charge is 0.336 e. The standard InChI is InChI=1S/C26H20O4/c1-15-13-21(27)29-24-16(2)25-20(14-19(15)24)22(17-9-5-3-6-10-17)26(30-25)23(28)18-11-7-4-8-12-18/h3-14,23,28H,1-2H3/t23-/m1/s1. The van der Waals surface area contributed by atoms with Gasteiger partial charge < -0.3 is 13.9 Å². The Kier molecular flexibility index (Phi) is 4.30. The number of furan rings is 1. The number of aliphatic hydroxyl groups excluding tert-OH is 1. The zero-order chi connectivity index (χ0) is 20.8. The van der Waals surface area contributed by atoms with E-state index in [0.29, 0.717) is 16.9 Å². The monoisotopic (exact) mass is 396 g/mol. The Labute approximate surface area is 173 Å². The Hall–Kier alpha value is -3.63. The summed E-state index contributed by atoms with van der Waals surface area (Å²) >= 11 is 0. The predicted molar refractivity (Wildman–Crippen MR) is 118 cm³/mol. The van der Waals surface area contributed by atoms with Crippen molar-refractivity contribution in [1.82, 2.24) is 0 Å². The van der Waals surface area contributed by atoms with Crippen LogP contribution in [0.25, 0.3) is 33.1 Å². The van der Waals surface area contributed by atoms with Crippen molar-refractivity contribution in [3.63, 3.8) is 0 Å². The largest absolute Gasteiger partial charge is 0.457 e. The molecule has 1 N–H and O–H groups in total. The molecule has 2 aromatic heterocycles. The minimum Gasteiger partial charge on any atom is -0.457 e. The minimum absolute atomic E-state index is 0.387. The predicted octanol–water partition coefficient (Wildman–Crippen LogP) is 5.90. The van der Waals surface area contributed by atoms with Gasteiger partial charge >= 0.3 is 5.63 Å². The fourth-order valence-corrected chi connectivity index (χ4v) is 4.08. The van der Waals surface area contributed by atoms with E-state index in [-0.39, 0.29) is 5.63 Å². The first kappa shape index (κ1) is 18.4. The topological polar surface area (TPSA) is 63.6 Å². The van der Waals surface area contributed by atoms with Crippen molar-refractivity contribution in [1.29, 1.82) is 0 Å². The highest BCUT2D eigenvalue weighted by Crippen LogP contribution is 2.43. The molecule has 0 saturated carbocycles. The highest BCUT2D eigenvalue weighted by Gasteiger charge is 2.25. The molecule has 0 spiro atoms. The second-order valence-electron chi connectivity index (χ2n) is 7.52. The molecule has 0 radical (unpaired) electrons. The molecule has 30 heavy (non-hydrogen) atoms. The van der Waals surface area contributed by atoms with E-state index >= 15 is 0 Å². The van der Waals surface area contributed by atoms with Gasteiger partial charge in [-0.25, -0.2) is 4.79 Å². The van der Waals surface area contributed by atoms with Crippen molar-refractivity contribution in [2.24, 2.45) is 0 Å². The Balaban J connectivity index is 1.90. The number of fused-ring (bicyclic) bond motifs is 2. The van der Waals surface area contributed by atoms with Gasteiger partial charge in [0.15, 0.2) is 0 Å². The number of hydrogen-bond acceptors (Lipinski definition) is 4. The van der Waals surface area contributed by atoms with Crippen molar-refractivity contribution in [3.05, 3.63) is 106 Å². The van der Waals surface area contributed by atoms with Crippen LogP contribution < -0.4 is 5.63 Å². The van der Waals surface area contributed by atoms with Gasteiger partial charge in [-0.1, -0.05) is 60.7 Å². The Morgan fingerprint density at radius 1 is 0.800 bits per heavy atom. The van der Waals surface area contributed by atoms with Crippen LogP contribution in [0.5, 0.6) is 0 Å². The third-order valence-electron chi connectivity index (χ3n) is 5.57. The fourth-order valence-electron chi connectivity index (χ4n) is 4.08. The summed E-state index contributed by atoms with van der Waals surface area (Å²) in [5.74, 6) is 0.473. The van der Waals surface area contributed by atoms with Gasteiger partial charge in [0.25, 0.3) is 0 Å². The maximum absolute atomic E-state index is 11.9. The van der Waals surface area contributed by atoms with Crippen molar-refractivity contribution in [2.45, 2.75) is 20.0 Å². The van der Waals surface area contributed by atoms with Crippen molar-refractivity contribution < 1.29 is 13.9 Å². The normalized spacial score (nSPS) is 12.5. The van der Waals surface area contributed by atoms with Crippen LogP contribution in [0.2, 0.25) is 0 Å². The zero-order valence-electron chi connectivity index (χ0n) is 16.7. The van der Waals surface area contributed by atoms with Gasteiger partial charge in [0, 0.05) is 28.0 Å². The highest BCUT2D eigenvalue weighted by molar-refractivity contribution is 6.05. The number of rotatable bonds is 3. The van der Waals surface area contributed by atoms with E-state index in [4.69, 9.17) is 8.83 Å². The third kappa shape index (κ3) is 2.85. The molecule has 0 bridgehead atoms. The summed E-state index contributed by atoms with van der Waals surface area (Å²) < 4.78 is 11.8. The lowest BCUT2D eigenvalue weighted by molar-refractivity contribution is 0.193. The molecule has 0 aliphatic rings. The van der Waals surface area contributed by atoms with Crippen LogP contribution in [0.1, 0.15) is 28.6 Å². The van der Waals surface area contributed by atoms with Crippen molar-refractivity contribution in [3.8, 4) is 11.1 Å². The maximum Gasteiger partial charge on any atom is 0.336 e. The van der Waals surface area contributed by atoms with E-state index in [1.165, 1.54) is 6.07 Å². The molecule has 3 aromatic carbocycles. The summed E-state index contributed by atoms with van der Waals surface area (Å²) in [5, 5.41) is 12.9. The number of aryl methyl sites for hydroxylation is 2. The lowest BCUT2D eigenvalue weighted by Gasteiger charge is -2.11. The number of hydrogen-bond donors (Lipinski definition) is 1. The lowest BCUT2D eigenvalue weighted by atomic mass is 9.95. The molecule has 0 fully saturated rings. The molecule has 0 saturated heterocycles. The van der Waals surface area contributed by atoms with Crippen LogP contribution in [-0.2, 0) is 0 Å².